The van der Waals surface area contributed by atoms with Crippen LogP contribution in [-0.2, 0) is 9.59 Å². The lowest BCUT2D eigenvalue weighted by Crippen LogP contribution is -2.34. The Kier molecular flexibility index (Phi) is 4.86. The number of aryl methyl sites for hydroxylation is 1. The van der Waals surface area contributed by atoms with Gasteiger partial charge in [-0.1, -0.05) is 19.3 Å². The second-order valence-corrected chi connectivity index (χ2v) is 8.41. The summed E-state index contributed by atoms with van der Waals surface area (Å²) in [5.41, 5.74) is 2.35. The highest BCUT2D eigenvalue weighted by molar-refractivity contribution is 7.16. The summed E-state index contributed by atoms with van der Waals surface area (Å²) in [5.74, 6) is 0.680. The molecule has 2 N–H and O–H groups in total. The molecule has 0 spiro atoms. The molecule has 0 saturated heterocycles. The summed E-state index contributed by atoms with van der Waals surface area (Å²) in [5, 5.41) is 6.48. The third-order valence-electron chi connectivity index (χ3n) is 5.19. The van der Waals surface area contributed by atoms with Crippen LogP contribution in [-0.4, -0.2) is 22.9 Å². The number of benzene rings is 1. The van der Waals surface area contributed by atoms with Crippen LogP contribution in [0.3, 0.4) is 0 Å². The van der Waals surface area contributed by atoms with Gasteiger partial charge in [0, 0.05) is 16.4 Å². The van der Waals surface area contributed by atoms with Crippen LogP contribution in [0.4, 0.5) is 10.8 Å². The number of anilines is 2. The molecule has 2 heterocycles. The predicted octanol–water partition coefficient (Wildman–Crippen LogP) is 4.36. The maximum absolute atomic E-state index is 12.5. The number of thiazole rings is 1. The van der Waals surface area contributed by atoms with E-state index >= 15 is 0 Å². The van der Waals surface area contributed by atoms with Crippen molar-refractivity contribution in [1.82, 2.24) is 4.98 Å². The van der Waals surface area contributed by atoms with Gasteiger partial charge in [0.25, 0.3) is 5.91 Å². The van der Waals surface area contributed by atoms with Crippen LogP contribution in [0.1, 0.15) is 43.9 Å². The second-order valence-electron chi connectivity index (χ2n) is 7.21. The summed E-state index contributed by atoms with van der Waals surface area (Å²) < 4.78 is 5.60. The number of hydrogen-bond acceptors (Lipinski definition) is 5. The van der Waals surface area contributed by atoms with E-state index in [1.807, 2.05) is 25.1 Å². The molecular formula is C20H23N3O3S. The molecule has 2 aliphatic rings. The zero-order chi connectivity index (χ0) is 19.0. The fourth-order valence-electron chi connectivity index (χ4n) is 3.65. The van der Waals surface area contributed by atoms with Gasteiger partial charge in [0.05, 0.1) is 11.4 Å². The van der Waals surface area contributed by atoms with Crippen molar-refractivity contribution in [2.45, 2.75) is 52.1 Å². The van der Waals surface area contributed by atoms with E-state index in [4.69, 9.17) is 4.74 Å². The van der Waals surface area contributed by atoms with Crippen LogP contribution in [0, 0.1) is 12.8 Å². The molecule has 2 aromatic rings. The van der Waals surface area contributed by atoms with E-state index < -0.39 is 6.10 Å². The molecule has 1 atom stereocenters. The lowest BCUT2D eigenvalue weighted by Gasteiger charge is -2.23. The van der Waals surface area contributed by atoms with Gasteiger partial charge < -0.3 is 15.4 Å². The van der Waals surface area contributed by atoms with Crippen LogP contribution in [0.25, 0.3) is 11.3 Å². The average molecular weight is 385 g/mol. The Balaban J connectivity index is 1.54. The molecule has 27 heavy (non-hydrogen) atoms. The average Bonchev–Trinajstić information content (AvgIpc) is 3.03. The first-order valence-corrected chi connectivity index (χ1v) is 10.2. The number of nitrogens with zero attached hydrogens (tertiary/aromatic N) is 1. The Bertz CT molecular complexity index is 887. The zero-order valence-corrected chi connectivity index (χ0v) is 16.3. The Labute approximate surface area is 162 Å². The first-order chi connectivity index (χ1) is 13.0. The van der Waals surface area contributed by atoms with Crippen molar-refractivity contribution in [2.75, 3.05) is 10.6 Å². The Morgan fingerprint density at radius 1 is 1.30 bits per heavy atom. The van der Waals surface area contributed by atoms with Crippen molar-refractivity contribution in [3.05, 3.63) is 23.1 Å². The van der Waals surface area contributed by atoms with Gasteiger partial charge in [-0.25, -0.2) is 4.98 Å². The number of ether oxygens (including phenoxy) is 1. The molecule has 1 fully saturated rings. The number of fused-ring (bicyclic) bond motifs is 1. The van der Waals surface area contributed by atoms with E-state index in [-0.39, 0.29) is 17.7 Å². The first kappa shape index (κ1) is 18.0. The summed E-state index contributed by atoms with van der Waals surface area (Å²) in [7, 11) is 0. The lowest BCUT2D eigenvalue weighted by atomic mass is 9.89. The second kappa shape index (κ2) is 7.31. The molecule has 1 saturated carbocycles. The standard InChI is InChI=1S/C20H23N3O3S/c1-11-18(24)21-15-10-14(8-9-16(15)26-11)17-12(2)27-20(22-17)23-19(25)13-6-4-3-5-7-13/h8-11,13H,3-7H2,1-2H3,(H,21,24)(H,22,23,25)/t11-/m1/s1. The molecule has 2 amide bonds. The van der Waals surface area contributed by atoms with Crippen molar-refractivity contribution < 1.29 is 14.3 Å². The van der Waals surface area contributed by atoms with Gasteiger partial charge in [-0.3, -0.25) is 9.59 Å². The molecular weight excluding hydrogens is 362 g/mol. The van der Waals surface area contributed by atoms with Crippen molar-refractivity contribution in [2.24, 2.45) is 5.92 Å². The maximum Gasteiger partial charge on any atom is 0.265 e. The topological polar surface area (TPSA) is 80.3 Å². The Morgan fingerprint density at radius 2 is 2.07 bits per heavy atom. The highest BCUT2D eigenvalue weighted by atomic mass is 32.1. The summed E-state index contributed by atoms with van der Waals surface area (Å²) in [6, 6.07) is 5.64. The van der Waals surface area contributed by atoms with E-state index in [1.165, 1.54) is 17.8 Å². The fourth-order valence-corrected chi connectivity index (χ4v) is 4.48. The van der Waals surface area contributed by atoms with Gasteiger partial charge in [-0.2, -0.15) is 0 Å². The minimum absolute atomic E-state index is 0.0788. The number of hydrogen-bond donors (Lipinski definition) is 2. The van der Waals surface area contributed by atoms with Crippen molar-refractivity contribution in [3.63, 3.8) is 0 Å². The molecule has 0 bridgehead atoms. The number of carbonyl (C=O) groups is 2. The minimum Gasteiger partial charge on any atom is -0.479 e. The van der Waals surface area contributed by atoms with E-state index in [0.717, 1.165) is 41.8 Å². The summed E-state index contributed by atoms with van der Waals surface area (Å²) >= 11 is 1.48. The van der Waals surface area contributed by atoms with Gasteiger partial charge in [0.2, 0.25) is 5.91 Å². The highest BCUT2D eigenvalue weighted by Crippen LogP contribution is 2.37. The van der Waals surface area contributed by atoms with E-state index in [2.05, 4.69) is 15.6 Å². The van der Waals surface area contributed by atoms with Crippen molar-refractivity contribution >= 4 is 34.0 Å². The van der Waals surface area contributed by atoms with Gasteiger partial charge in [-0.15, -0.1) is 11.3 Å². The lowest BCUT2D eigenvalue weighted by molar-refractivity contribution is -0.123. The first-order valence-electron chi connectivity index (χ1n) is 9.41. The smallest absolute Gasteiger partial charge is 0.265 e. The summed E-state index contributed by atoms with van der Waals surface area (Å²) in [6.45, 7) is 3.71. The van der Waals surface area contributed by atoms with E-state index in [1.54, 1.807) is 6.92 Å². The van der Waals surface area contributed by atoms with E-state index in [9.17, 15) is 9.59 Å². The number of aromatic nitrogens is 1. The number of amides is 2. The predicted molar refractivity (Wildman–Crippen MR) is 106 cm³/mol. The third kappa shape index (κ3) is 3.69. The van der Waals surface area contributed by atoms with Gasteiger partial charge >= 0.3 is 0 Å². The summed E-state index contributed by atoms with van der Waals surface area (Å²) in [4.78, 5) is 30.0. The Hall–Kier alpha value is -2.41. The Morgan fingerprint density at radius 3 is 2.85 bits per heavy atom. The van der Waals surface area contributed by atoms with Crippen LogP contribution >= 0.6 is 11.3 Å². The molecule has 6 nitrogen and oxygen atoms in total. The van der Waals surface area contributed by atoms with Gasteiger partial charge in [0.1, 0.15) is 5.75 Å². The number of nitrogens with one attached hydrogen (secondary N) is 2. The van der Waals surface area contributed by atoms with E-state index in [0.29, 0.717) is 16.6 Å². The van der Waals surface area contributed by atoms with Crippen LogP contribution in [0.2, 0.25) is 0 Å². The molecule has 1 aromatic heterocycles. The SMILES string of the molecule is Cc1sc(NC(=O)C2CCCCC2)nc1-c1ccc2c(c1)NC(=O)[C@@H](C)O2. The quantitative estimate of drug-likeness (QED) is 0.823. The van der Waals surface area contributed by atoms with Crippen LogP contribution in [0.5, 0.6) is 5.75 Å². The van der Waals surface area contributed by atoms with Gasteiger partial charge in [0.15, 0.2) is 11.2 Å². The normalized spacial score (nSPS) is 19.8. The molecule has 142 valence electrons. The molecule has 0 radical (unpaired) electrons. The summed E-state index contributed by atoms with van der Waals surface area (Å²) in [6.07, 6.45) is 4.91. The molecule has 4 rings (SSSR count). The molecule has 1 aromatic carbocycles. The van der Waals surface area contributed by atoms with Crippen molar-refractivity contribution in [3.8, 4) is 17.0 Å². The van der Waals surface area contributed by atoms with Gasteiger partial charge in [-0.05, 0) is 44.9 Å². The third-order valence-corrected chi connectivity index (χ3v) is 6.07. The maximum atomic E-state index is 12.5. The monoisotopic (exact) mass is 385 g/mol. The largest absolute Gasteiger partial charge is 0.479 e. The van der Waals surface area contributed by atoms with Crippen LogP contribution < -0.4 is 15.4 Å². The highest BCUT2D eigenvalue weighted by Gasteiger charge is 2.25. The van der Waals surface area contributed by atoms with Crippen molar-refractivity contribution in [1.29, 1.82) is 0 Å². The van der Waals surface area contributed by atoms with Crippen LogP contribution in [0.15, 0.2) is 18.2 Å². The number of carbonyl (C=O) groups excluding carboxylic acids is 2. The number of rotatable bonds is 3. The molecule has 7 heteroatoms. The molecule has 1 aliphatic carbocycles. The zero-order valence-electron chi connectivity index (χ0n) is 15.5. The minimum atomic E-state index is -0.494. The molecule has 0 unspecified atom stereocenters. The fraction of sp³-hybridized carbons (Fsp3) is 0.450. The molecule has 1 aliphatic heterocycles.